The lowest BCUT2D eigenvalue weighted by Gasteiger charge is -2.35. The first-order chi connectivity index (χ1) is 13.5. The van der Waals surface area contributed by atoms with Gasteiger partial charge in [0.2, 0.25) is 5.91 Å². The molecule has 1 saturated heterocycles. The summed E-state index contributed by atoms with van der Waals surface area (Å²) in [6.07, 6.45) is 0. The first kappa shape index (κ1) is 18.3. The van der Waals surface area contributed by atoms with Crippen molar-refractivity contribution in [3.8, 4) is 11.3 Å². The van der Waals surface area contributed by atoms with E-state index in [1.807, 2.05) is 24.4 Å². The minimum absolute atomic E-state index is 0.197. The molecular weight excluding hydrogens is 377 g/mol. The number of halogens is 1. The molecule has 28 heavy (non-hydrogen) atoms. The Morgan fingerprint density at radius 3 is 2.64 bits per heavy atom. The zero-order chi connectivity index (χ0) is 19.7. The van der Waals surface area contributed by atoms with Gasteiger partial charge in [0.15, 0.2) is 0 Å². The van der Waals surface area contributed by atoms with Gasteiger partial charge < -0.3 is 10.2 Å². The van der Waals surface area contributed by atoms with Crippen molar-refractivity contribution < 1.29 is 14.0 Å². The number of carbonyl (C=O) groups is 2. The number of hydrogen-bond acceptors (Lipinski definition) is 4. The Bertz CT molecular complexity index is 1030. The second kappa shape index (κ2) is 7.52. The SMILES string of the molecule is Cc1nc(-c2ccc(C(=O)N3CCNC(=O)C3c3ccccc3F)cc2)cs1. The van der Waals surface area contributed by atoms with E-state index in [4.69, 9.17) is 0 Å². The fourth-order valence-electron chi connectivity index (χ4n) is 3.34. The van der Waals surface area contributed by atoms with E-state index in [9.17, 15) is 14.0 Å². The molecule has 1 aliphatic heterocycles. The zero-order valence-electron chi connectivity index (χ0n) is 15.2. The maximum Gasteiger partial charge on any atom is 0.254 e. The number of hydrogen-bond donors (Lipinski definition) is 1. The molecule has 142 valence electrons. The largest absolute Gasteiger partial charge is 0.352 e. The highest BCUT2D eigenvalue weighted by molar-refractivity contribution is 7.09. The molecule has 5 nitrogen and oxygen atoms in total. The van der Waals surface area contributed by atoms with Gasteiger partial charge in [0.1, 0.15) is 11.9 Å². The van der Waals surface area contributed by atoms with Crippen molar-refractivity contribution >= 4 is 23.2 Å². The first-order valence-corrected chi connectivity index (χ1v) is 9.78. The molecule has 4 rings (SSSR count). The van der Waals surface area contributed by atoms with Crippen LogP contribution in [0.15, 0.2) is 53.9 Å². The number of nitrogens with zero attached hydrogens (tertiary/aromatic N) is 2. The van der Waals surface area contributed by atoms with Crippen LogP contribution >= 0.6 is 11.3 Å². The molecule has 0 radical (unpaired) electrons. The third-order valence-corrected chi connectivity index (χ3v) is 5.49. The Morgan fingerprint density at radius 1 is 1.21 bits per heavy atom. The van der Waals surface area contributed by atoms with Crippen LogP contribution in [0, 0.1) is 12.7 Å². The molecule has 1 N–H and O–H groups in total. The van der Waals surface area contributed by atoms with Crippen molar-refractivity contribution in [2.45, 2.75) is 13.0 Å². The quantitative estimate of drug-likeness (QED) is 0.738. The molecule has 2 heterocycles. The van der Waals surface area contributed by atoms with Crippen molar-refractivity contribution in [3.05, 3.63) is 75.9 Å². The van der Waals surface area contributed by atoms with Crippen molar-refractivity contribution in [2.24, 2.45) is 0 Å². The predicted octanol–water partition coefficient (Wildman–Crippen LogP) is 3.57. The molecule has 0 aliphatic carbocycles. The van der Waals surface area contributed by atoms with Gasteiger partial charge in [0, 0.05) is 35.2 Å². The van der Waals surface area contributed by atoms with Crippen LogP contribution in [0.5, 0.6) is 0 Å². The van der Waals surface area contributed by atoms with Crippen LogP contribution in [0.1, 0.15) is 27.0 Å². The number of benzene rings is 2. The minimum Gasteiger partial charge on any atom is -0.352 e. The minimum atomic E-state index is -0.983. The second-order valence-corrected chi connectivity index (χ2v) is 7.60. The maximum atomic E-state index is 14.3. The molecule has 2 aromatic carbocycles. The van der Waals surface area contributed by atoms with Crippen LogP contribution in [0.25, 0.3) is 11.3 Å². The van der Waals surface area contributed by atoms with Gasteiger partial charge in [-0.25, -0.2) is 9.37 Å². The van der Waals surface area contributed by atoms with Crippen molar-refractivity contribution in [2.75, 3.05) is 13.1 Å². The second-order valence-electron chi connectivity index (χ2n) is 6.54. The molecule has 7 heteroatoms. The number of piperazine rings is 1. The lowest BCUT2D eigenvalue weighted by Crippen LogP contribution is -2.52. The van der Waals surface area contributed by atoms with Gasteiger partial charge in [-0.05, 0) is 25.1 Å². The Morgan fingerprint density at radius 2 is 1.96 bits per heavy atom. The Labute approximate surface area is 165 Å². The average molecular weight is 395 g/mol. The fraction of sp³-hybridized carbons (Fsp3) is 0.190. The first-order valence-electron chi connectivity index (χ1n) is 8.90. The molecule has 1 unspecified atom stereocenters. The zero-order valence-corrected chi connectivity index (χ0v) is 16.0. The summed E-state index contributed by atoms with van der Waals surface area (Å²) in [6, 6.07) is 12.2. The van der Waals surface area contributed by atoms with Gasteiger partial charge in [-0.2, -0.15) is 0 Å². The van der Waals surface area contributed by atoms with Gasteiger partial charge >= 0.3 is 0 Å². The topological polar surface area (TPSA) is 62.3 Å². The molecular formula is C21H18FN3O2S. The van der Waals surface area contributed by atoms with Gasteiger partial charge in [-0.15, -0.1) is 11.3 Å². The van der Waals surface area contributed by atoms with Crippen molar-refractivity contribution in [1.29, 1.82) is 0 Å². The summed E-state index contributed by atoms with van der Waals surface area (Å²) >= 11 is 1.57. The summed E-state index contributed by atoms with van der Waals surface area (Å²) in [4.78, 5) is 31.4. The van der Waals surface area contributed by atoms with Gasteiger partial charge in [-0.3, -0.25) is 9.59 Å². The molecule has 1 aliphatic rings. The molecule has 3 aromatic rings. The highest BCUT2D eigenvalue weighted by Gasteiger charge is 2.36. The van der Waals surface area contributed by atoms with Gasteiger partial charge in [0.25, 0.3) is 5.91 Å². The molecule has 0 spiro atoms. The summed E-state index contributed by atoms with van der Waals surface area (Å²) in [5.41, 5.74) is 2.43. The lowest BCUT2D eigenvalue weighted by atomic mass is 10.00. The van der Waals surface area contributed by atoms with E-state index in [0.717, 1.165) is 16.3 Å². The number of aryl methyl sites for hydroxylation is 1. The molecule has 1 aromatic heterocycles. The third kappa shape index (κ3) is 3.41. The van der Waals surface area contributed by atoms with Crippen molar-refractivity contribution in [3.63, 3.8) is 0 Å². The Balaban J connectivity index is 1.63. The van der Waals surface area contributed by atoms with Crippen LogP contribution in [-0.2, 0) is 4.79 Å². The smallest absolute Gasteiger partial charge is 0.254 e. The summed E-state index contributed by atoms with van der Waals surface area (Å²) in [5.74, 6) is -1.18. The number of thiazole rings is 1. The molecule has 1 atom stereocenters. The van der Waals surface area contributed by atoms with Crippen molar-refractivity contribution in [1.82, 2.24) is 15.2 Å². The number of carbonyl (C=O) groups excluding carboxylic acids is 2. The Kier molecular flexibility index (Phi) is 4.92. The van der Waals surface area contributed by atoms with E-state index in [2.05, 4.69) is 10.3 Å². The van der Waals surface area contributed by atoms with E-state index in [-0.39, 0.29) is 17.4 Å². The highest BCUT2D eigenvalue weighted by atomic mass is 32.1. The van der Waals surface area contributed by atoms with Crippen LogP contribution in [0.3, 0.4) is 0 Å². The van der Waals surface area contributed by atoms with E-state index in [0.29, 0.717) is 18.7 Å². The Hall–Kier alpha value is -3.06. The number of amides is 2. The molecule has 1 fully saturated rings. The average Bonchev–Trinajstić information content (AvgIpc) is 3.14. The van der Waals surface area contributed by atoms with Gasteiger partial charge in [-0.1, -0.05) is 30.3 Å². The van der Waals surface area contributed by atoms with E-state index < -0.39 is 11.9 Å². The van der Waals surface area contributed by atoms with Crippen LogP contribution in [0.4, 0.5) is 4.39 Å². The molecule has 0 saturated carbocycles. The van der Waals surface area contributed by atoms with Gasteiger partial charge in [0.05, 0.1) is 10.7 Å². The fourth-order valence-corrected chi connectivity index (χ4v) is 3.96. The summed E-state index contributed by atoms with van der Waals surface area (Å²) in [7, 11) is 0. The highest BCUT2D eigenvalue weighted by Crippen LogP contribution is 2.28. The van der Waals surface area contributed by atoms with E-state index >= 15 is 0 Å². The van der Waals surface area contributed by atoms with Crippen LogP contribution in [-0.4, -0.2) is 34.8 Å². The van der Waals surface area contributed by atoms with Crippen LogP contribution in [0.2, 0.25) is 0 Å². The van der Waals surface area contributed by atoms with Crippen LogP contribution < -0.4 is 5.32 Å². The summed E-state index contributed by atoms with van der Waals surface area (Å²) in [6.45, 7) is 2.60. The normalized spacial score (nSPS) is 16.7. The molecule has 2 amide bonds. The monoisotopic (exact) mass is 395 g/mol. The number of aromatic nitrogens is 1. The lowest BCUT2D eigenvalue weighted by molar-refractivity contribution is -0.128. The maximum absolute atomic E-state index is 14.3. The van der Waals surface area contributed by atoms with E-state index in [1.165, 1.54) is 11.0 Å². The number of nitrogens with one attached hydrogen (secondary N) is 1. The number of rotatable bonds is 3. The predicted molar refractivity (Wildman–Crippen MR) is 105 cm³/mol. The molecule has 0 bridgehead atoms. The van der Waals surface area contributed by atoms with E-state index in [1.54, 1.807) is 41.7 Å². The third-order valence-electron chi connectivity index (χ3n) is 4.72. The summed E-state index contributed by atoms with van der Waals surface area (Å²) < 4.78 is 14.3. The standard InChI is InChI=1S/C21H18FN3O2S/c1-13-24-18(12-28-13)14-6-8-15(9-7-14)21(27)25-11-10-23-20(26)19(25)16-4-2-3-5-17(16)22/h2-9,12,19H,10-11H2,1H3,(H,23,26). The summed E-state index contributed by atoms with van der Waals surface area (Å²) in [5, 5.41) is 5.66.